The Labute approximate surface area is 227 Å². The third-order valence-electron chi connectivity index (χ3n) is 9.26. The lowest BCUT2D eigenvalue weighted by atomic mass is 9.68. The lowest BCUT2D eigenvalue weighted by molar-refractivity contribution is -0.0463. The van der Waals surface area contributed by atoms with E-state index in [-0.39, 0.29) is 12.4 Å². The Morgan fingerprint density at radius 1 is 0.842 bits per heavy atom. The van der Waals surface area contributed by atoms with Gasteiger partial charge in [-0.3, -0.25) is 0 Å². The summed E-state index contributed by atoms with van der Waals surface area (Å²) in [5.41, 5.74) is 2.11. The molecule has 3 fully saturated rings. The molecule has 2 aliphatic carbocycles. The summed E-state index contributed by atoms with van der Waals surface area (Å²) >= 11 is 0. The molecule has 2 unspecified atom stereocenters. The minimum absolute atomic E-state index is 0.0981. The van der Waals surface area contributed by atoms with Gasteiger partial charge in [-0.15, -0.1) is 6.58 Å². The fourth-order valence-electron chi connectivity index (χ4n) is 6.70. The van der Waals surface area contributed by atoms with Crippen molar-refractivity contribution in [1.29, 1.82) is 0 Å². The number of rotatable bonds is 10. The van der Waals surface area contributed by atoms with Crippen molar-refractivity contribution in [2.45, 2.75) is 82.8 Å². The van der Waals surface area contributed by atoms with Crippen LogP contribution >= 0.6 is 0 Å². The van der Waals surface area contributed by atoms with E-state index in [2.05, 4.69) is 42.7 Å². The molecule has 0 bridgehead atoms. The first-order valence-electron chi connectivity index (χ1n) is 14.3. The molecule has 1 aromatic rings. The van der Waals surface area contributed by atoms with Gasteiger partial charge in [0.05, 0.1) is 19.8 Å². The Hall–Kier alpha value is -2.40. The van der Waals surface area contributed by atoms with Gasteiger partial charge in [-0.2, -0.15) is 8.78 Å². The highest BCUT2D eigenvalue weighted by atomic mass is 19.2. The van der Waals surface area contributed by atoms with Gasteiger partial charge in [-0.05, 0) is 99.0 Å². The zero-order valence-corrected chi connectivity index (χ0v) is 22.9. The predicted octanol–water partition coefficient (Wildman–Crippen LogP) is 9.09. The Balaban J connectivity index is 1.19. The second-order valence-electron chi connectivity index (χ2n) is 11.4. The van der Waals surface area contributed by atoms with Gasteiger partial charge < -0.3 is 14.2 Å². The predicted molar refractivity (Wildman–Crippen MR) is 149 cm³/mol. The standard InChI is InChI=1S/C33H44F2O3/c1-5-24-6-10-26(11-7-24)27-14-16-29(17-15-27)31-19-18-30(21-38-31)28-12-8-25(9-13-28)20-37-23(3)33(35)32(34)22(2)36-4/h5,8-9,12-13,24,26-27,29-31H,1-3,6-7,10-11,14-21H2,4H3/b33-32-. The molecule has 38 heavy (non-hydrogen) atoms. The highest BCUT2D eigenvalue weighted by molar-refractivity contribution is 5.30. The van der Waals surface area contributed by atoms with Crippen molar-refractivity contribution in [2.24, 2.45) is 23.7 Å². The fraction of sp³-hybridized carbons (Fsp3) is 0.576. The van der Waals surface area contributed by atoms with E-state index in [1.54, 1.807) is 0 Å². The smallest absolute Gasteiger partial charge is 0.203 e. The van der Waals surface area contributed by atoms with Crippen molar-refractivity contribution in [3.8, 4) is 0 Å². The molecule has 0 radical (unpaired) electrons. The Bertz CT molecular complexity index is 974. The Morgan fingerprint density at radius 3 is 1.97 bits per heavy atom. The number of hydrogen-bond acceptors (Lipinski definition) is 3. The highest BCUT2D eigenvalue weighted by Gasteiger charge is 2.35. The molecule has 1 heterocycles. The largest absolute Gasteiger partial charge is 0.494 e. The fourth-order valence-corrected chi connectivity index (χ4v) is 6.70. The first-order valence-corrected chi connectivity index (χ1v) is 14.3. The number of allylic oxidation sites excluding steroid dienone is 3. The summed E-state index contributed by atoms with van der Waals surface area (Å²) in [5.74, 6) is 0.516. The molecule has 1 aromatic carbocycles. The lowest BCUT2D eigenvalue weighted by Gasteiger charge is -2.41. The maximum Gasteiger partial charge on any atom is 0.203 e. The molecule has 208 valence electrons. The van der Waals surface area contributed by atoms with E-state index in [4.69, 9.17) is 9.47 Å². The van der Waals surface area contributed by atoms with E-state index >= 15 is 0 Å². The summed E-state index contributed by atoms with van der Waals surface area (Å²) in [6.45, 7) is 11.6. The summed E-state index contributed by atoms with van der Waals surface area (Å²) in [7, 11) is 1.22. The zero-order chi connectivity index (χ0) is 27.1. The normalized spacial score (nSPS) is 30.6. The van der Waals surface area contributed by atoms with Crippen LogP contribution in [0.2, 0.25) is 0 Å². The van der Waals surface area contributed by atoms with Gasteiger partial charge in [0.2, 0.25) is 11.7 Å². The summed E-state index contributed by atoms with van der Waals surface area (Å²) in [6, 6.07) is 8.10. The molecule has 2 atom stereocenters. The number of methoxy groups -OCH3 is 1. The maximum atomic E-state index is 14.1. The van der Waals surface area contributed by atoms with Crippen molar-refractivity contribution in [1.82, 2.24) is 0 Å². The van der Waals surface area contributed by atoms with Crippen LogP contribution in [0.15, 0.2) is 73.3 Å². The van der Waals surface area contributed by atoms with Crippen molar-refractivity contribution in [2.75, 3.05) is 13.7 Å². The molecule has 0 N–H and O–H groups in total. The first-order chi connectivity index (χ1) is 18.4. The van der Waals surface area contributed by atoms with Crippen LogP contribution in [-0.2, 0) is 20.8 Å². The zero-order valence-electron chi connectivity index (χ0n) is 22.9. The van der Waals surface area contributed by atoms with E-state index < -0.39 is 17.4 Å². The van der Waals surface area contributed by atoms with Gasteiger partial charge >= 0.3 is 0 Å². The molecule has 4 rings (SSSR count). The van der Waals surface area contributed by atoms with Crippen molar-refractivity contribution in [3.63, 3.8) is 0 Å². The molecule has 0 spiro atoms. The minimum atomic E-state index is -1.21. The van der Waals surface area contributed by atoms with Crippen molar-refractivity contribution < 1.29 is 23.0 Å². The van der Waals surface area contributed by atoms with E-state index in [1.807, 2.05) is 12.1 Å². The molecule has 1 aliphatic heterocycles. The Morgan fingerprint density at radius 2 is 1.42 bits per heavy atom. The second kappa shape index (κ2) is 13.6. The van der Waals surface area contributed by atoms with Crippen molar-refractivity contribution in [3.05, 3.63) is 84.4 Å². The second-order valence-corrected chi connectivity index (χ2v) is 11.4. The Kier molecular flexibility index (Phi) is 10.2. The number of ether oxygens (including phenoxy) is 3. The third-order valence-corrected chi connectivity index (χ3v) is 9.26. The summed E-state index contributed by atoms with van der Waals surface area (Å²) in [5, 5.41) is 0. The summed E-state index contributed by atoms with van der Waals surface area (Å²) in [4.78, 5) is 0. The minimum Gasteiger partial charge on any atom is -0.494 e. The van der Waals surface area contributed by atoms with Crippen LogP contribution in [0.4, 0.5) is 8.78 Å². The van der Waals surface area contributed by atoms with Crippen LogP contribution in [-0.4, -0.2) is 19.8 Å². The molecule has 3 nitrogen and oxygen atoms in total. The monoisotopic (exact) mass is 526 g/mol. The molecule has 0 amide bonds. The van der Waals surface area contributed by atoms with E-state index in [0.717, 1.165) is 42.8 Å². The summed E-state index contributed by atoms with van der Waals surface area (Å²) in [6.07, 6.45) is 15.7. The first kappa shape index (κ1) is 28.6. The van der Waals surface area contributed by atoms with Gasteiger partial charge in [0.1, 0.15) is 6.61 Å². The topological polar surface area (TPSA) is 27.7 Å². The van der Waals surface area contributed by atoms with Crippen molar-refractivity contribution >= 4 is 0 Å². The van der Waals surface area contributed by atoms with E-state index in [1.165, 1.54) is 64.0 Å². The molecule has 3 aliphatic rings. The summed E-state index contributed by atoms with van der Waals surface area (Å²) < 4.78 is 44.3. The van der Waals surface area contributed by atoms with E-state index in [0.29, 0.717) is 17.9 Å². The van der Waals surface area contributed by atoms with Crippen LogP contribution in [0.25, 0.3) is 0 Å². The maximum absolute atomic E-state index is 14.1. The van der Waals surface area contributed by atoms with Gasteiger partial charge in [0, 0.05) is 5.92 Å². The van der Waals surface area contributed by atoms with Crippen LogP contribution in [0.5, 0.6) is 0 Å². The van der Waals surface area contributed by atoms with Gasteiger partial charge in [-0.1, -0.05) is 43.5 Å². The molecule has 5 heteroatoms. The molecule has 0 aromatic heterocycles. The third kappa shape index (κ3) is 7.16. The van der Waals surface area contributed by atoms with Crippen LogP contribution in [0, 0.1) is 23.7 Å². The average Bonchev–Trinajstić information content (AvgIpc) is 2.99. The van der Waals surface area contributed by atoms with Gasteiger partial charge in [-0.25, -0.2) is 0 Å². The molecular weight excluding hydrogens is 482 g/mol. The highest BCUT2D eigenvalue weighted by Crippen LogP contribution is 2.44. The SMILES string of the molecule is C=CC1CCC(C2CCC(C3CCC(c4ccc(COC(=C)/C(F)=C(/F)C(=C)OC)cc4)CO3)CC2)CC1. The lowest BCUT2D eigenvalue weighted by Crippen LogP contribution is -2.35. The molecule has 2 saturated carbocycles. The van der Waals surface area contributed by atoms with Crippen LogP contribution < -0.4 is 0 Å². The molecular formula is C33H44F2O3. The molecule has 1 saturated heterocycles. The number of halogens is 2. The quantitative estimate of drug-likeness (QED) is 0.173. The van der Waals surface area contributed by atoms with Crippen LogP contribution in [0.3, 0.4) is 0 Å². The van der Waals surface area contributed by atoms with Gasteiger partial charge in [0.25, 0.3) is 0 Å². The average molecular weight is 527 g/mol. The van der Waals surface area contributed by atoms with E-state index in [9.17, 15) is 8.78 Å². The van der Waals surface area contributed by atoms with Crippen LogP contribution in [0.1, 0.15) is 81.3 Å². The number of hydrogen-bond donors (Lipinski definition) is 0. The van der Waals surface area contributed by atoms with Gasteiger partial charge in [0.15, 0.2) is 11.5 Å². The number of benzene rings is 1.